The minimum Gasteiger partial charge on any atom is -0.372 e. The number of rotatable bonds is 8. The van der Waals surface area contributed by atoms with E-state index in [1.54, 1.807) is 0 Å². The average molecular weight is 460 g/mol. The third-order valence-electron chi connectivity index (χ3n) is 7.92. The van der Waals surface area contributed by atoms with E-state index in [0.717, 1.165) is 48.3 Å². The van der Waals surface area contributed by atoms with Gasteiger partial charge >= 0.3 is 0 Å². The van der Waals surface area contributed by atoms with Crippen molar-refractivity contribution in [3.63, 3.8) is 0 Å². The zero-order valence-electron chi connectivity index (χ0n) is 21.1. The van der Waals surface area contributed by atoms with Gasteiger partial charge in [0.2, 0.25) is 5.95 Å². The molecule has 2 aromatic heterocycles. The molecule has 1 saturated heterocycles. The lowest BCUT2D eigenvalue weighted by Crippen LogP contribution is -2.29. The molecule has 5 nitrogen and oxygen atoms in total. The average Bonchev–Trinajstić information content (AvgIpc) is 3.24. The van der Waals surface area contributed by atoms with Crippen molar-refractivity contribution in [2.75, 3.05) is 29.9 Å². The summed E-state index contributed by atoms with van der Waals surface area (Å²) in [5.74, 6) is 2.38. The van der Waals surface area contributed by atoms with Gasteiger partial charge in [0, 0.05) is 55.2 Å². The van der Waals surface area contributed by atoms with Gasteiger partial charge in [-0.1, -0.05) is 45.2 Å². The normalized spacial score (nSPS) is 21.2. The highest BCUT2D eigenvalue weighted by Crippen LogP contribution is 2.35. The van der Waals surface area contributed by atoms with Gasteiger partial charge in [0.1, 0.15) is 5.65 Å². The van der Waals surface area contributed by atoms with E-state index < -0.39 is 0 Å². The third-order valence-corrected chi connectivity index (χ3v) is 7.92. The molecular formula is C29H41N5. The number of anilines is 2. The smallest absolute Gasteiger partial charge is 0.224 e. The molecule has 0 atom stereocenters. The van der Waals surface area contributed by atoms with Crippen molar-refractivity contribution in [3.05, 3.63) is 36.7 Å². The first-order valence-electron chi connectivity index (χ1n) is 13.7. The van der Waals surface area contributed by atoms with E-state index in [1.165, 1.54) is 81.3 Å². The molecule has 1 aromatic carbocycles. The van der Waals surface area contributed by atoms with Gasteiger partial charge in [-0.15, -0.1) is 0 Å². The van der Waals surface area contributed by atoms with Crippen LogP contribution in [0, 0.1) is 11.8 Å². The van der Waals surface area contributed by atoms with Crippen LogP contribution in [0.3, 0.4) is 0 Å². The minimum absolute atomic E-state index is 0.743. The van der Waals surface area contributed by atoms with E-state index in [4.69, 9.17) is 4.98 Å². The third kappa shape index (κ3) is 5.24. The molecule has 5 heteroatoms. The van der Waals surface area contributed by atoms with Crippen LogP contribution in [0.25, 0.3) is 22.2 Å². The summed E-state index contributed by atoms with van der Waals surface area (Å²) in [5, 5.41) is 4.59. The van der Waals surface area contributed by atoms with Gasteiger partial charge in [-0.05, 0) is 68.1 Å². The Bertz CT molecular complexity index is 1060. The number of piperidine rings is 1. The Morgan fingerprint density at radius 1 is 1.00 bits per heavy atom. The quantitative estimate of drug-likeness (QED) is 0.364. The van der Waals surface area contributed by atoms with Crippen molar-refractivity contribution in [3.8, 4) is 11.1 Å². The number of hydrogen-bond donors (Lipinski definition) is 1. The van der Waals surface area contributed by atoms with E-state index in [-0.39, 0.29) is 0 Å². The highest BCUT2D eigenvalue weighted by atomic mass is 15.1. The first-order chi connectivity index (χ1) is 16.7. The predicted molar refractivity (Wildman–Crippen MR) is 144 cm³/mol. The molecule has 3 heterocycles. The molecular weight excluding hydrogens is 418 g/mol. The van der Waals surface area contributed by atoms with Crippen LogP contribution in [0.4, 0.5) is 11.6 Å². The standard InChI is InChI=1S/C29H41N5/c1-3-4-16-30-29-31-19-26-27(24-12-14-25(15-13-24)33-17-6-5-7-18-33)21-34(28(26)32-29)20-23-10-8-22(2)9-11-23/h12-15,19,21-23H,3-11,16-18,20H2,1-2H3,(H,30,31,32). The Morgan fingerprint density at radius 2 is 1.76 bits per heavy atom. The molecule has 1 aliphatic carbocycles. The van der Waals surface area contributed by atoms with Gasteiger partial charge in [0.15, 0.2) is 0 Å². The van der Waals surface area contributed by atoms with Gasteiger partial charge in [-0.25, -0.2) is 4.98 Å². The maximum Gasteiger partial charge on any atom is 0.224 e. The van der Waals surface area contributed by atoms with Crippen molar-refractivity contribution in [2.45, 2.75) is 78.2 Å². The summed E-state index contributed by atoms with van der Waals surface area (Å²) in [4.78, 5) is 12.2. The van der Waals surface area contributed by atoms with Crippen LogP contribution in [0.2, 0.25) is 0 Å². The van der Waals surface area contributed by atoms with Crippen LogP contribution in [-0.2, 0) is 6.54 Å². The van der Waals surface area contributed by atoms with E-state index in [0.29, 0.717) is 0 Å². The molecule has 5 rings (SSSR count). The Kier molecular flexibility index (Phi) is 7.36. The summed E-state index contributed by atoms with van der Waals surface area (Å²) in [5.41, 5.74) is 4.94. The highest BCUT2D eigenvalue weighted by Gasteiger charge is 2.21. The summed E-state index contributed by atoms with van der Waals surface area (Å²) in [6, 6.07) is 9.18. The maximum atomic E-state index is 5.00. The Morgan fingerprint density at radius 3 is 2.50 bits per heavy atom. The van der Waals surface area contributed by atoms with E-state index in [2.05, 4.69) is 64.1 Å². The van der Waals surface area contributed by atoms with Crippen molar-refractivity contribution >= 4 is 22.7 Å². The molecule has 2 fully saturated rings. The molecule has 0 bridgehead atoms. The zero-order chi connectivity index (χ0) is 23.3. The van der Waals surface area contributed by atoms with Crippen LogP contribution >= 0.6 is 0 Å². The highest BCUT2D eigenvalue weighted by molar-refractivity contribution is 5.94. The number of benzene rings is 1. The first kappa shape index (κ1) is 23.2. The number of fused-ring (bicyclic) bond motifs is 1. The number of nitrogens with zero attached hydrogens (tertiary/aromatic N) is 4. The molecule has 0 unspecified atom stereocenters. The number of unbranched alkanes of at least 4 members (excludes halogenated alkanes) is 1. The Hall–Kier alpha value is -2.56. The summed E-state index contributed by atoms with van der Waals surface area (Å²) < 4.78 is 2.41. The van der Waals surface area contributed by atoms with Crippen LogP contribution in [0.1, 0.15) is 71.6 Å². The predicted octanol–water partition coefficient (Wildman–Crippen LogP) is 7.13. The lowest BCUT2D eigenvalue weighted by atomic mass is 9.83. The molecule has 0 amide bonds. The van der Waals surface area contributed by atoms with Crippen molar-refractivity contribution in [1.82, 2.24) is 14.5 Å². The summed E-state index contributed by atoms with van der Waals surface area (Å²) in [7, 11) is 0. The van der Waals surface area contributed by atoms with Gasteiger partial charge in [-0.3, -0.25) is 0 Å². The topological polar surface area (TPSA) is 46.0 Å². The monoisotopic (exact) mass is 459 g/mol. The lowest BCUT2D eigenvalue weighted by molar-refractivity contribution is 0.266. The molecule has 1 N–H and O–H groups in total. The molecule has 182 valence electrons. The lowest BCUT2D eigenvalue weighted by Gasteiger charge is -2.28. The fourth-order valence-corrected chi connectivity index (χ4v) is 5.69. The molecule has 0 spiro atoms. The maximum absolute atomic E-state index is 5.00. The number of nitrogens with one attached hydrogen (secondary N) is 1. The summed E-state index contributed by atoms with van der Waals surface area (Å²) in [6.45, 7) is 8.95. The molecule has 1 aliphatic heterocycles. The second-order valence-electron chi connectivity index (χ2n) is 10.6. The molecule has 2 aliphatic rings. The second kappa shape index (κ2) is 10.8. The first-order valence-corrected chi connectivity index (χ1v) is 13.7. The Labute approximate surface area is 205 Å². The molecule has 3 aromatic rings. The fourth-order valence-electron chi connectivity index (χ4n) is 5.69. The largest absolute Gasteiger partial charge is 0.372 e. The van der Waals surface area contributed by atoms with Gasteiger partial charge in [-0.2, -0.15) is 4.98 Å². The van der Waals surface area contributed by atoms with Gasteiger partial charge < -0.3 is 14.8 Å². The van der Waals surface area contributed by atoms with Crippen LogP contribution in [0.15, 0.2) is 36.7 Å². The molecule has 0 radical (unpaired) electrons. The van der Waals surface area contributed by atoms with Gasteiger partial charge in [0.25, 0.3) is 0 Å². The molecule has 1 saturated carbocycles. The molecule has 34 heavy (non-hydrogen) atoms. The van der Waals surface area contributed by atoms with E-state index in [1.807, 2.05) is 6.20 Å². The second-order valence-corrected chi connectivity index (χ2v) is 10.6. The van der Waals surface area contributed by atoms with Crippen LogP contribution < -0.4 is 10.2 Å². The van der Waals surface area contributed by atoms with Crippen molar-refractivity contribution in [2.24, 2.45) is 11.8 Å². The Balaban J connectivity index is 1.44. The minimum atomic E-state index is 0.743. The van der Waals surface area contributed by atoms with Crippen LogP contribution in [0.5, 0.6) is 0 Å². The fraction of sp³-hybridized carbons (Fsp3) is 0.586. The zero-order valence-corrected chi connectivity index (χ0v) is 21.1. The van der Waals surface area contributed by atoms with Crippen molar-refractivity contribution in [1.29, 1.82) is 0 Å². The number of aromatic nitrogens is 3. The summed E-state index contributed by atoms with van der Waals surface area (Å²) in [6.07, 6.45) is 16.0. The van der Waals surface area contributed by atoms with Crippen LogP contribution in [-0.4, -0.2) is 34.2 Å². The van der Waals surface area contributed by atoms with Crippen molar-refractivity contribution < 1.29 is 0 Å². The van der Waals surface area contributed by atoms with Gasteiger partial charge in [0.05, 0.1) is 0 Å². The van der Waals surface area contributed by atoms with E-state index >= 15 is 0 Å². The van der Waals surface area contributed by atoms with E-state index in [9.17, 15) is 0 Å². The SMILES string of the molecule is CCCCNc1ncc2c(-c3ccc(N4CCCCC4)cc3)cn(CC3CCC(C)CC3)c2n1. The summed E-state index contributed by atoms with van der Waals surface area (Å²) >= 11 is 0. The number of hydrogen-bond acceptors (Lipinski definition) is 4.